The van der Waals surface area contributed by atoms with E-state index in [4.69, 9.17) is 5.11 Å². The van der Waals surface area contributed by atoms with Crippen LogP contribution in [0.4, 0.5) is 0 Å². The third-order valence-corrected chi connectivity index (χ3v) is 5.27. The lowest BCUT2D eigenvalue weighted by Crippen LogP contribution is -2.47. The van der Waals surface area contributed by atoms with E-state index < -0.39 is 5.97 Å². The molecule has 1 saturated heterocycles. The van der Waals surface area contributed by atoms with E-state index in [0.717, 1.165) is 51.6 Å². The molecule has 0 aromatic rings. The van der Waals surface area contributed by atoms with E-state index in [0.29, 0.717) is 11.8 Å². The molecule has 20 heavy (non-hydrogen) atoms. The van der Waals surface area contributed by atoms with E-state index in [1.807, 2.05) is 11.8 Å². The zero-order valence-electron chi connectivity index (χ0n) is 12.7. The van der Waals surface area contributed by atoms with Gasteiger partial charge >= 0.3 is 5.97 Å². The number of rotatable bonds is 4. The van der Waals surface area contributed by atoms with Gasteiger partial charge in [0.05, 0.1) is 0 Å². The normalized spacial score (nSPS) is 27.3. The number of piperidine rings is 1. The Morgan fingerprint density at radius 2 is 1.95 bits per heavy atom. The Bertz CT molecular complexity index is 374. The topological polar surface area (TPSA) is 57.6 Å². The Morgan fingerprint density at radius 3 is 2.55 bits per heavy atom. The zero-order valence-corrected chi connectivity index (χ0v) is 12.7. The van der Waals surface area contributed by atoms with E-state index in [9.17, 15) is 9.59 Å². The van der Waals surface area contributed by atoms with Crippen LogP contribution in [-0.4, -0.2) is 35.0 Å². The van der Waals surface area contributed by atoms with E-state index in [-0.39, 0.29) is 17.8 Å². The molecule has 2 fully saturated rings. The third kappa shape index (κ3) is 3.33. The van der Waals surface area contributed by atoms with E-state index >= 15 is 0 Å². The van der Waals surface area contributed by atoms with Crippen molar-refractivity contribution < 1.29 is 14.7 Å². The summed E-state index contributed by atoms with van der Waals surface area (Å²) in [6.07, 6.45) is 6.62. The maximum atomic E-state index is 12.7. The van der Waals surface area contributed by atoms with E-state index in [1.54, 1.807) is 0 Å². The molecule has 0 aromatic carbocycles. The second-order valence-electron chi connectivity index (χ2n) is 7.00. The maximum absolute atomic E-state index is 12.7. The summed E-state index contributed by atoms with van der Waals surface area (Å²) in [5, 5.41) is 8.92. The molecule has 0 bridgehead atoms. The molecule has 4 nitrogen and oxygen atoms in total. The van der Waals surface area contributed by atoms with Gasteiger partial charge in [0.1, 0.15) is 0 Å². The number of carboxylic acid groups (broad SMARTS) is 1. The number of amides is 1. The molecule has 0 aromatic heterocycles. The predicted octanol–water partition coefficient (Wildman–Crippen LogP) is 2.92. The highest BCUT2D eigenvalue weighted by molar-refractivity contribution is 5.82. The molecule has 2 unspecified atom stereocenters. The standard InChI is InChI=1S/C16H27NO3/c1-12(10-14(18)19)13-6-5-9-17(11-13)15(20)16(2)7-3-4-8-16/h12-13H,3-11H2,1-2H3,(H,18,19). The summed E-state index contributed by atoms with van der Waals surface area (Å²) in [6.45, 7) is 5.71. The highest BCUT2D eigenvalue weighted by Gasteiger charge is 2.40. The smallest absolute Gasteiger partial charge is 0.303 e. The van der Waals surface area contributed by atoms with Gasteiger partial charge in [-0.1, -0.05) is 26.7 Å². The quantitative estimate of drug-likeness (QED) is 0.862. The van der Waals surface area contributed by atoms with Crippen LogP contribution in [0.2, 0.25) is 0 Å². The highest BCUT2D eigenvalue weighted by Crippen LogP contribution is 2.40. The van der Waals surface area contributed by atoms with Crippen molar-refractivity contribution in [2.24, 2.45) is 17.3 Å². The number of carboxylic acids is 1. The minimum absolute atomic E-state index is 0.152. The Kier molecular flexibility index (Phi) is 4.71. The first kappa shape index (κ1) is 15.3. The molecule has 1 N–H and O–H groups in total. The van der Waals surface area contributed by atoms with Gasteiger partial charge < -0.3 is 10.0 Å². The first-order chi connectivity index (χ1) is 9.42. The van der Waals surface area contributed by atoms with Gasteiger partial charge in [0, 0.05) is 24.9 Å². The zero-order chi connectivity index (χ0) is 14.8. The van der Waals surface area contributed by atoms with Crippen molar-refractivity contribution in [2.75, 3.05) is 13.1 Å². The third-order valence-electron chi connectivity index (χ3n) is 5.27. The summed E-state index contributed by atoms with van der Waals surface area (Å²) >= 11 is 0. The summed E-state index contributed by atoms with van der Waals surface area (Å²) in [4.78, 5) is 25.6. The van der Waals surface area contributed by atoms with Gasteiger partial charge in [-0.25, -0.2) is 0 Å². The van der Waals surface area contributed by atoms with Crippen molar-refractivity contribution in [2.45, 2.75) is 58.8 Å². The molecule has 114 valence electrons. The molecule has 2 aliphatic rings. The fourth-order valence-electron chi connectivity index (χ4n) is 3.85. The van der Waals surface area contributed by atoms with Gasteiger partial charge in [0.15, 0.2) is 0 Å². The molecule has 1 saturated carbocycles. The van der Waals surface area contributed by atoms with Gasteiger partial charge in [-0.3, -0.25) is 9.59 Å². The number of nitrogens with zero attached hydrogens (tertiary/aromatic N) is 1. The van der Waals surface area contributed by atoms with Crippen LogP contribution in [0.5, 0.6) is 0 Å². The number of hydrogen-bond donors (Lipinski definition) is 1. The van der Waals surface area contributed by atoms with Crippen LogP contribution in [-0.2, 0) is 9.59 Å². The van der Waals surface area contributed by atoms with Crippen molar-refractivity contribution >= 4 is 11.9 Å². The summed E-state index contributed by atoms with van der Waals surface area (Å²) in [7, 11) is 0. The molecular weight excluding hydrogens is 254 g/mol. The molecule has 4 heteroatoms. The van der Waals surface area contributed by atoms with Gasteiger partial charge in [0.2, 0.25) is 5.91 Å². The maximum Gasteiger partial charge on any atom is 0.303 e. The van der Waals surface area contributed by atoms with Crippen LogP contribution in [0, 0.1) is 17.3 Å². The summed E-state index contributed by atoms with van der Waals surface area (Å²) in [6, 6.07) is 0. The monoisotopic (exact) mass is 281 g/mol. The Labute approximate surface area is 121 Å². The predicted molar refractivity (Wildman–Crippen MR) is 77.3 cm³/mol. The summed E-state index contributed by atoms with van der Waals surface area (Å²) < 4.78 is 0. The average molecular weight is 281 g/mol. The van der Waals surface area contributed by atoms with Gasteiger partial charge in [-0.05, 0) is 37.5 Å². The van der Waals surface area contributed by atoms with Crippen molar-refractivity contribution in [1.29, 1.82) is 0 Å². The number of carbonyl (C=O) groups excluding carboxylic acids is 1. The van der Waals surface area contributed by atoms with E-state index in [1.165, 1.54) is 0 Å². The van der Waals surface area contributed by atoms with Gasteiger partial charge in [-0.15, -0.1) is 0 Å². The van der Waals surface area contributed by atoms with Crippen molar-refractivity contribution in [1.82, 2.24) is 4.90 Å². The fourth-order valence-corrected chi connectivity index (χ4v) is 3.85. The molecule has 2 rings (SSSR count). The van der Waals surface area contributed by atoms with Gasteiger partial charge in [0.25, 0.3) is 0 Å². The fraction of sp³-hybridized carbons (Fsp3) is 0.875. The number of likely N-dealkylation sites (tertiary alicyclic amines) is 1. The SMILES string of the molecule is CC(CC(=O)O)C1CCCN(C(=O)C2(C)CCCC2)C1. The second-order valence-corrected chi connectivity index (χ2v) is 7.00. The van der Waals surface area contributed by atoms with Crippen LogP contribution in [0.25, 0.3) is 0 Å². The molecular formula is C16H27NO3. The molecule has 1 aliphatic heterocycles. The lowest BCUT2D eigenvalue weighted by molar-refractivity contribution is -0.143. The van der Waals surface area contributed by atoms with Crippen molar-refractivity contribution in [3.63, 3.8) is 0 Å². The first-order valence-electron chi connectivity index (χ1n) is 7.93. The molecule has 0 radical (unpaired) electrons. The lowest BCUT2D eigenvalue weighted by atomic mass is 9.82. The largest absolute Gasteiger partial charge is 0.481 e. The Balaban J connectivity index is 1.96. The lowest BCUT2D eigenvalue weighted by Gasteiger charge is -2.39. The van der Waals surface area contributed by atoms with Crippen molar-refractivity contribution in [3.8, 4) is 0 Å². The minimum Gasteiger partial charge on any atom is -0.481 e. The van der Waals surface area contributed by atoms with Crippen LogP contribution in [0.15, 0.2) is 0 Å². The Hall–Kier alpha value is -1.06. The molecule has 1 heterocycles. The summed E-state index contributed by atoms with van der Waals surface area (Å²) in [5.74, 6) is 0.0687. The minimum atomic E-state index is -0.733. The van der Waals surface area contributed by atoms with Crippen LogP contribution < -0.4 is 0 Å². The highest BCUT2D eigenvalue weighted by atomic mass is 16.4. The van der Waals surface area contributed by atoms with Crippen LogP contribution in [0.1, 0.15) is 58.8 Å². The average Bonchev–Trinajstić information content (AvgIpc) is 2.85. The van der Waals surface area contributed by atoms with Gasteiger partial charge in [-0.2, -0.15) is 0 Å². The molecule has 2 atom stereocenters. The van der Waals surface area contributed by atoms with Crippen molar-refractivity contribution in [3.05, 3.63) is 0 Å². The molecule has 1 amide bonds. The number of aliphatic carboxylic acids is 1. The number of carbonyl (C=O) groups is 2. The second kappa shape index (κ2) is 6.15. The Morgan fingerprint density at radius 1 is 1.30 bits per heavy atom. The van der Waals surface area contributed by atoms with E-state index in [2.05, 4.69) is 6.92 Å². The first-order valence-corrected chi connectivity index (χ1v) is 7.93. The molecule has 1 aliphatic carbocycles. The summed E-state index contributed by atoms with van der Waals surface area (Å²) in [5.41, 5.74) is -0.155. The number of hydrogen-bond acceptors (Lipinski definition) is 2. The van der Waals surface area contributed by atoms with Crippen LogP contribution in [0.3, 0.4) is 0 Å². The van der Waals surface area contributed by atoms with Crippen LogP contribution >= 0.6 is 0 Å². The molecule has 0 spiro atoms.